The van der Waals surface area contributed by atoms with Gasteiger partial charge < -0.3 is 15.0 Å². The van der Waals surface area contributed by atoms with Crippen LogP contribution < -0.4 is 10.1 Å². The minimum Gasteiger partial charge on any atom is -0.487 e. The van der Waals surface area contributed by atoms with E-state index in [4.69, 9.17) is 4.74 Å². The van der Waals surface area contributed by atoms with Crippen LogP contribution in [0, 0.1) is 6.92 Å². The normalized spacial score (nSPS) is 11.9. The molecule has 134 valence electrons. The number of amides is 2. The van der Waals surface area contributed by atoms with E-state index in [1.54, 1.807) is 38.5 Å². The summed E-state index contributed by atoms with van der Waals surface area (Å²) in [6.07, 6.45) is 0.823. The standard InChI is InChI=1S/C18H21F2N3O2/c1-12-6-7-15(9-16(12)25-11-17(19)20)22-18(24)23(3)13(2)14-5-4-8-21-10-14/h4-10,13,17H,11H2,1-3H3,(H,22,24)/t13-/m1/s1. The molecule has 0 aliphatic carbocycles. The summed E-state index contributed by atoms with van der Waals surface area (Å²) < 4.78 is 29.7. The van der Waals surface area contributed by atoms with Crippen molar-refractivity contribution in [3.8, 4) is 5.75 Å². The van der Waals surface area contributed by atoms with Gasteiger partial charge in [-0.25, -0.2) is 13.6 Å². The minimum absolute atomic E-state index is 0.172. The topological polar surface area (TPSA) is 54.5 Å². The lowest BCUT2D eigenvalue weighted by Gasteiger charge is -2.25. The van der Waals surface area contributed by atoms with Crippen molar-refractivity contribution in [2.45, 2.75) is 26.3 Å². The Hall–Kier alpha value is -2.70. The van der Waals surface area contributed by atoms with Gasteiger partial charge in [-0.15, -0.1) is 0 Å². The Bertz CT molecular complexity index is 711. The van der Waals surface area contributed by atoms with Crippen LogP contribution in [-0.2, 0) is 0 Å². The van der Waals surface area contributed by atoms with Crippen molar-refractivity contribution in [1.29, 1.82) is 0 Å². The molecule has 0 spiro atoms. The molecule has 1 atom stereocenters. The van der Waals surface area contributed by atoms with Crippen LogP contribution in [0.1, 0.15) is 24.1 Å². The van der Waals surface area contributed by atoms with E-state index < -0.39 is 13.0 Å². The van der Waals surface area contributed by atoms with Gasteiger partial charge in [-0.3, -0.25) is 4.98 Å². The molecule has 0 fully saturated rings. The number of benzene rings is 1. The van der Waals surface area contributed by atoms with E-state index >= 15 is 0 Å². The largest absolute Gasteiger partial charge is 0.487 e. The van der Waals surface area contributed by atoms with Crippen molar-refractivity contribution in [2.24, 2.45) is 0 Å². The van der Waals surface area contributed by atoms with Gasteiger partial charge in [-0.1, -0.05) is 12.1 Å². The van der Waals surface area contributed by atoms with Gasteiger partial charge in [0.05, 0.1) is 6.04 Å². The molecule has 7 heteroatoms. The third kappa shape index (κ3) is 5.14. The smallest absolute Gasteiger partial charge is 0.322 e. The first-order valence-electron chi connectivity index (χ1n) is 7.84. The van der Waals surface area contributed by atoms with E-state index in [0.717, 1.165) is 11.1 Å². The molecule has 0 aliphatic heterocycles. The van der Waals surface area contributed by atoms with Crippen LogP contribution in [0.3, 0.4) is 0 Å². The van der Waals surface area contributed by atoms with Crippen molar-refractivity contribution in [1.82, 2.24) is 9.88 Å². The number of carbonyl (C=O) groups is 1. The summed E-state index contributed by atoms with van der Waals surface area (Å²) in [5, 5.41) is 2.75. The molecule has 0 saturated heterocycles. The van der Waals surface area contributed by atoms with Crippen LogP contribution in [0.15, 0.2) is 42.7 Å². The average molecular weight is 349 g/mol. The first kappa shape index (κ1) is 18.6. The van der Waals surface area contributed by atoms with Crippen molar-refractivity contribution in [3.05, 3.63) is 53.9 Å². The second-order valence-electron chi connectivity index (χ2n) is 5.69. The quantitative estimate of drug-likeness (QED) is 0.848. The lowest BCUT2D eigenvalue weighted by molar-refractivity contribution is 0.0816. The number of carbonyl (C=O) groups excluding carboxylic acids is 1. The number of hydrogen-bond acceptors (Lipinski definition) is 3. The van der Waals surface area contributed by atoms with Gasteiger partial charge in [0.1, 0.15) is 12.4 Å². The second-order valence-corrected chi connectivity index (χ2v) is 5.69. The minimum atomic E-state index is -2.55. The third-order valence-electron chi connectivity index (χ3n) is 3.87. The number of rotatable bonds is 6. The fraction of sp³-hybridized carbons (Fsp3) is 0.333. The van der Waals surface area contributed by atoms with Crippen molar-refractivity contribution in [3.63, 3.8) is 0 Å². The number of pyridine rings is 1. The molecule has 2 rings (SSSR count). The monoisotopic (exact) mass is 349 g/mol. The molecule has 5 nitrogen and oxygen atoms in total. The van der Waals surface area contributed by atoms with E-state index in [-0.39, 0.29) is 12.1 Å². The van der Waals surface area contributed by atoms with Gasteiger partial charge >= 0.3 is 6.03 Å². The van der Waals surface area contributed by atoms with Gasteiger partial charge in [0.2, 0.25) is 0 Å². The molecule has 1 aromatic heterocycles. The van der Waals surface area contributed by atoms with Crippen LogP contribution in [0.4, 0.5) is 19.3 Å². The number of nitrogens with one attached hydrogen (secondary N) is 1. The molecule has 0 aliphatic rings. The molecule has 1 N–H and O–H groups in total. The first-order chi connectivity index (χ1) is 11.9. The lowest BCUT2D eigenvalue weighted by Crippen LogP contribution is -2.33. The Balaban J connectivity index is 2.05. The maximum Gasteiger partial charge on any atom is 0.322 e. The number of ether oxygens (including phenoxy) is 1. The summed E-state index contributed by atoms with van der Waals surface area (Å²) in [6, 6.07) is 8.16. The molecule has 25 heavy (non-hydrogen) atoms. The Kier molecular flexibility index (Phi) is 6.27. The summed E-state index contributed by atoms with van der Waals surface area (Å²) in [4.78, 5) is 18.0. The molecular weight excluding hydrogens is 328 g/mol. The summed E-state index contributed by atoms with van der Waals surface area (Å²) in [5.41, 5.74) is 2.10. The molecule has 0 unspecified atom stereocenters. The van der Waals surface area contributed by atoms with Crippen LogP contribution >= 0.6 is 0 Å². The Morgan fingerprint density at radius 2 is 2.12 bits per heavy atom. The van der Waals surface area contributed by atoms with Crippen LogP contribution in [0.25, 0.3) is 0 Å². The predicted molar refractivity (Wildman–Crippen MR) is 92.1 cm³/mol. The number of aromatic nitrogens is 1. The van der Waals surface area contributed by atoms with Crippen molar-refractivity contribution >= 4 is 11.7 Å². The average Bonchev–Trinajstić information content (AvgIpc) is 2.61. The lowest BCUT2D eigenvalue weighted by atomic mass is 10.1. The molecule has 1 aromatic carbocycles. The molecule has 0 bridgehead atoms. The second kappa shape index (κ2) is 8.41. The number of alkyl halides is 2. The number of halogens is 2. The Morgan fingerprint density at radius 1 is 1.36 bits per heavy atom. The van der Waals surface area contributed by atoms with Gasteiger partial charge in [0.15, 0.2) is 0 Å². The number of aryl methyl sites for hydroxylation is 1. The molecular formula is C18H21F2N3O2. The SMILES string of the molecule is Cc1ccc(NC(=O)N(C)[C@H](C)c2cccnc2)cc1OCC(F)F. The number of hydrogen-bond donors (Lipinski definition) is 1. The van der Waals surface area contributed by atoms with E-state index in [1.165, 1.54) is 11.0 Å². The van der Waals surface area contributed by atoms with Gasteiger partial charge in [-0.05, 0) is 37.1 Å². The first-order valence-corrected chi connectivity index (χ1v) is 7.84. The zero-order valence-corrected chi connectivity index (χ0v) is 14.4. The van der Waals surface area contributed by atoms with Gasteiger partial charge in [0.25, 0.3) is 6.43 Å². The highest BCUT2D eigenvalue weighted by molar-refractivity contribution is 5.89. The highest BCUT2D eigenvalue weighted by Crippen LogP contribution is 2.24. The van der Waals surface area contributed by atoms with Crippen LogP contribution in [0.5, 0.6) is 5.75 Å². The molecule has 1 heterocycles. The maximum atomic E-state index is 12.4. The van der Waals surface area contributed by atoms with Gasteiger partial charge in [0, 0.05) is 31.2 Å². The highest BCUT2D eigenvalue weighted by atomic mass is 19.3. The van der Waals surface area contributed by atoms with E-state index in [0.29, 0.717) is 11.4 Å². The number of anilines is 1. The number of urea groups is 1. The summed E-state index contributed by atoms with van der Waals surface area (Å²) in [5.74, 6) is 0.320. The summed E-state index contributed by atoms with van der Waals surface area (Å²) >= 11 is 0. The third-order valence-corrected chi connectivity index (χ3v) is 3.87. The fourth-order valence-electron chi connectivity index (χ4n) is 2.22. The zero-order chi connectivity index (χ0) is 18.4. The molecule has 0 radical (unpaired) electrons. The van der Waals surface area contributed by atoms with Crippen molar-refractivity contribution < 1.29 is 18.3 Å². The highest BCUT2D eigenvalue weighted by Gasteiger charge is 2.18. The van der Waals surface area contributed by atoms with Crippen LogP contribution in [-0.4, -0.2) is 36.0 Å². The van der Waals surface area contributed by atoms with E-state index in [2.05, 4.69) is 10.3 Å². The Labute approximate surface area is 145 Å². The van der Waals surface area contributed by atoms with Gasteiger partial charge in [-0.2, -0.15) is 0 Å². The fourth-order valence-corrected chi connectivity index (χ4v) is 2.22. The molecule has 0 saturated carbocycles. The molecule has 2 aromatic rings. The number of nitrogens with zero attached hydrogens (tertiary/aromatic N) is 2. The summed E-state index contributed by atoms with van der Waals surface area (Å²) in [6.45, 7) is 2.96. The van der Waals surface area contributed by atoms with Crippen LogP contribution in [0.2, 0.25) is 0 Å². The van der Waals surface area contributed by atoms with E-state index in [9.17, 15) is 13.6 Å². The maximum absolute atomic E-state index is 12.4. The summed E-state index contributed by atoms with van der Waals surface area (Å²) in [7, 11) is 1.68. The molecule has 2 amide bonds. The Morgan fingerprint density at radius 3 is 2.76 bits per heavy atom. The van der Waals surface area contributed by atoms with E-state index in [1.807, 2.05) is 19.1 Å². The van der Waals surface area contributed by atoms with Crippen molar-refractivity contribution in [2.75, 3.05) is 19.0 Å². The predicted octanol–water partition coefficient (Wildman–Crippen LogP) is 4.26. The zero-order valence-electron chi connectivity index (χ0n) is 14.4.